The van der Waals surface area contributed by atoms with Gasteiger partial charge in [0.2, 0.25) is 0 Å². The summed E-state index contributed by atoms with van der Waals surface area (Å²) in [6.07, 6.45) is 0. The summed E-state index contributed by atoms with van der Waals surface area (Å²) < 4.78 is 18.2. The highest BCUT2D eigenvalue weighted by molar-refractivity contribution is 7.26. The number of fused-ring (bicyclic) bond motifs is 11. The molecule has 0 fully saturated rings. The normalized spacial score (nSPS) is 13.7. The van der Waals surface area contributed by atoms with E-state index in [1.54, 1.807) is 0 Å². The van der Waals surface area contributed by atoms with E-state index in [-0.39, 0.29) is 12.1 Å². The van der Waals surface area contributed by atoms with Crippen LogP contribution in [-0.4, -0.2) is 19.9 Å². The van der Waals surface area contributed by atoms with Crippen molar-refractivity contribution in [2.75, 3.05) is 23.0 Å². The molecule has 0 radical (unpaired) electrons. The van der Waals surface area contributed by atoms with E-state index in [2.05, 4.69) is 238 Å². The Morgan fingerprint density at radius 2 is 0.959 bits per heavy atom. The number of hydrogen-bond acceptors (Lipinski definition) is 6. The predicted molar refractivity (Wildman–Crippen MR) is 317 cm³/mol. The lowest BCUT2D eigenvalue weighted by molar-refractivity contribution is 0.172. The highest BCUT2D eigenvalue weighted by atomic mass is 32.1. The van der Waals surface area contributed by atoms with Crippen molar-refractivity contribution in [3.63, 3.8) is 0 Å². The van der Waals surface area contributed by atoms with Gasteiger partial charge in [0.25, 0.3) is 6.71 Å². The first kappa shape index (κ1) is 43.5. The SMILES string of the molecule is Cc1cc2c3c(c1)N(c1ccc(C(C)(C)C)cc1-c1ccccc1)c1cc4c(cc1B3c1cc(-c3ccc5c(c3)sc3ccccc35)ccc1N2c1ccc(-c2ccc3c(c2)sc2ccccc23)cc1)OCCO4. The van der Waals surface area contributed by atoms with E-state index in [4.69, 9.17) is 9.47 Å². The van der Waals surface area contributed by atoms with Crippen molar-refractivity contribution in [3.05, 3.63) is 211 Å². The van der Waals surface area contributed by atoms with Crippen LogP contribution in [0.3, 0.4) is 0 Å². The van der Waals surface area contributed by atoms with Crippen molar-refractivity contribution in [1.29, 1.82) is 0 Å². The van der Waals surface area contributed by atoms with Crippen LogP contribution < -0.4 is 35.7 Å². The average Bonchev–Trinajstić information content (AvgIpc) is 4.04. The zero-order valence-corrected chi connectivity index (χ0v) is 43.2. The minimum Gasteiger partial charge on any atom is -0.486 e. The second-order valence-electron chi connectivity index (χ2n) is 21.2. The lowest BCUT2D eigenvalue weighted by Gasteiger charge is -2.45. The first-order valence-corrected chi connectivity index (χ1v) is 27.3. The van der Waals surface area contributed by atoms with E-state index in [0.29, 0.717) is 13.2 Å². The maximum Gasteiger partial charge on any atom is 0.252 e. The largest absolute Gasteiger partial charge is 0.486 e. The van der Waals surface area contributed by atoms with Gasteiger partial charge in [-0.1, -0.05) is 142 Å². The van der Waals surface area contributed by atoms with E-state index in [0.717, 1.165) is 34.2 Å². The molecule has 0 N–H and O–H groups in total. The van der Waals surface area contributed by atoms with Crippen LogP contribution in [-0.2, 0) is 5.41 Å². The molecule has 5 heterocycles. The number of ether oxygens (including phenoxy) is 2. The maximum atomic E-state index is 6.50. The molecule has 15 rings (SSSR count). The van der Waals surface area contributed by atoms with Gasteiger partial charge in [0.05, 0.1) is 5.69 Å². The Kier molecular flexibility index (Phi) is 9.67. The third-order valence-corrected chi connectivity index (χ3v) is 17.9. The number of anilines is 6. The molecule has 0 aliphatic carbocycles. The number of nitrogens with zero attached hydrogens (tertiary/aromatic N) is 2. The second kappa shape index (κ2) is 16.5. The summed E-state index contributed by atoms with van der Waals surface area (Å²) >= 11 is 3.74. The van der Waals surface area contributed by atoms with E-state index in [9.17, 15) is 0 Å². The Labute approximate surface area is 439 Å². The van der Waals surface area contributed by atoms with Gasteiger partial charge in [0.1, 0.15) is 13.2 Å². The first-order chi connectivity index (χ1) is 36.2. The quantitative estimate of drug-likeness (QED) is 0.160. The van der Waals surface area contributed by atoms with Gasteiger partial charge >= 0.3 is 0 Å². The van der Waals surface area contributed by atoms with Crippen molar-refractivity contribution >= 4 is 120 Å². The molecule has 354 valence electrons. The van der Waals surface area contributed by atoms with E-state index in [1.807, 2.05) is 22.7 Å². The molecule has 0 atom stereocenters. The molecule has 0 amide bonds. The van der Waals surface area contributed by atoms with Crippen LogP contribution in [0.1, 0.15) is 31.9 Å². The number of benzene rings is 10. The fourth-order valence-corrected chi connectivity index (χ4v) is 14.3. The molecule has 2 aromatic heterocycles. The second-order valence-corrected chi connectivity index (χ2v) is 23.3. The van der Waals surface area contributed by atoms with Gasteiger partial charge < -0.3 is 19.3 Å². The molecule has 0 saturated carbocycles. The molecule has 0 spiro atoms. The van der Waals surface area contributed by atoms with E-state index >= 15 is 0 Å². The Morgan fingerprint density at radius 3 is 1.64 bits per heavy atom. The smallest absolute Gasteiger partial charge is 0.252 e. The van der Waals surface area contributed by atoms with Crippen LogP contribution in [0, 0.1) is 6.92 Å². The van der Waals surface area contributed by atoms with Crippen molar-refractivity contribution in [3.8, 4) is 44.9 Å². The molecule has 0 unspecified atom stereocenters. The van der Waals surface area contributed by atoms with Crippen LogP contribution in [0.5, 0.6) is 11.5 Å². The molecule has 10 aromatic carbocycles. The zero-order chi connectivity index (χ0) is 49.4. The maximum absolute atomic E-state index is 6.50. The van der Waals surface area contributed by atoms with E-state index < -0.39 is 0 Å². The minimum atomic E-state index is -0.122. The lowest BCUT2D eigenvalue weighted by Crippen LogP contribution is -2.61. The topological polar surface area (TPSA) is 24.9 Å². The van der Waals surface area contributed by atoms with Crippen molar-refractivity contribution < 1.29 is 9.47 Å². The van der Waals surface area contributed by atoms with Gasteiger partial charge in [-0.15, -0.1) is 22.7 Å². The third-order valence-electron chi connectivity index (χ3n) is 15.6. The van der Waals surface area contributed by atoms with Gasteiger partial charge in [-0.3, -0.25) is 0 Å². The van der Waals surface area contributed by atoms with E-state index in [1.165, 1.54) is 113 Å². The van der Waals surface area contributed by atoms with Crippen LogP contribution >= 0.6 is 22.7 Å². The molecular formula is C67H49BN2O2S2. The summed E-state index contributed by atoms with van der Waals surface area (Å²) in [5, 5.41) is 5.25. The molecular weight excluding hydrogens is 940 g/mol. The molecule has 7 heteroatoms. The summed E-state index contributed by atoms with van der Waals surface area (Å²) in [7, 11) is 0. The molecule has 4 nitrogen and oxygen atoms in total. The summed E-state index contributed by atoms with van der Waals surface area (Å²) in [4.78, 5) is 5.05. The number of rotatable bonds is 5. The fraction of sp³-hybridized carbons (Fsp3) is 0.104. The summed E-state index contributed by atoms with van der Waals surface area (Å²) in [6.45, 7) is 10.0. The number of hydrogen-bond donors (Lipinski definition) is 0. The molecule has 12 aromatic rings. The molecule has 74 heavy (non-hydrogen) atoms. The van der Waals surface area contributed by atoms with Gasteiger partial charge in [-0.25, -0.2) is 0 Å². The monoisotopic (exact) mass is 988 g/mol. The highest BCUT2D eigenvalue weighted by Gasteiger charge is 2.45. The standard InChI is InChI=1S/C67H49BN2O2S2/c1-40-32-58-66-59(33-40)70(55-29-23-46(67(2,3)4)37-52(55)42-12-6-5-7-13-42)57-39-61-60(71-30-31-72-61)38-54(57)68(66)53-34-43(45-21-27-51-49-15-9-11-17-63(49)74-65(51)36-45)22-28-56(53)69(58)47-24-18-41(19-25-47)44-20-26-50-48-14-8-10-16-62(48)73-64(50)35-44/h5-29,32-39H,30-31H2,1-4H3. The molecule has 3 aliphatic heterocycles. The molecule has 0 bridgehead atoms. The molecule has 3 aliphatic rings. The Hall–Kier alpha value is -8.10. The fourth-order valence-electron chi connectivity index (χ4n) is 12.0. The lowest BCUT2D eigenvalue weighted by atomic mass is 9.33. The van der Waals surface area contributed by atoms with Gasteiger partial charge in [0, 0.05) is 80.4 Å². The van der Waals surface area contributed by atoms with Gasteiger partial charge in [-0.05, 0) is 140 Å². The van der Waals surface area contributed by atoms with Crippen molar-refractivity contribution in [2.45, 2.75) is 33.1 Å². The number of thiophene rings is 2. The van der Waals surface area contributed by atoms with Crippen molar-refractivity contribution in [1.82, 2.24) is 0 Å². The van der Waals surface area contributed by atoms with Crippen LogP contribution in [0.2, 0.25) is 0 Å². The predicted octanol–water partition coefficient (Wildman–Crippen LogP) is 16.9. The Morgan fingerprint density at radius 1 is 0.419 bits per heavy atom. The average molecular weight is 989 g/mol. The Bertz CT molecular complexity index is 4280. The number of aryl methyl sites for hydroxylation is 1. The summed E-state index contributed by atoms with van der Waals surface area (Å²) in [5.41, 5.74) is 20.1. The van der Waals surface area contributed by atoms with Crippen LogP contribution in [0.15, 0.2) is 200 Å². The third kappa shape index (κ3) is 6.80. The zero-order valence-electron chi connectivity index (χ0n) is 41.6. The van der Waals surface area contributed by atoms with Crippen LogP contribution in [0.25, 0.3) is 73.7 Å². The Balaban J connectivity index is 0.966. The summed E-state index contributed by atoms with van der Waals surface area (Å²) in [5.74, 6) is 1.57. The first-order valence-electron chi connectivity index (χ1n) is 25.7. The summed E-state index contributed by atoms with van der Waals surface area (Å²) in [6, 6.07) is 75.2. The van der Waals surface area contributed by atoms with Crippen LogP contribution in [0.4, 0.5) is 34.1 Å². The van der Waals surface area contributed by atoms with Crippen molar-refractivity contribution in [2.24, 2.45) is 0 Å². The minimum absolute atomic E-state index is 0.0515. The highest BCUT2D eigenvalue weighted by Crippen LogP contribution is 2.50. The van der Waals surface area contributed by atoms with Gasteiger partial charge in [-0.2, -0.15) is 0 Å². The molecule has 0 saturated heterocycles. The van der Waals surface area contributed by atoms with Gasteiger partial charge in [0.15, 0.2) is 11.5 Å².